The van der Waals surface area contributed by atoms with E-state index >= 15 is 0 Å². The number of nitrogens with two attached hydrogens (primary N) is 2. The van der Waals surface area contributed by atoms with Crippen molar-refractivity contribution < 1.29 is 4.79 Å². The highest BCUT2D eigenvalue weighted by Gasteiger charge is 2.28. The second-order valence-corrected chi connectivity index (χ2v) is 5.34. The molecule has 1 saturated heterocycles. The fourth-order valence-electron chi connectivity index (χ4n) is 2.46. The second-order valence-electron chi connectivity index (χ2n) is 4.50. The molecule has 2 rings (SSSR count). The predicted molar refractivity (Wildman–Crippen MR) is 75.6 cm³/mol. The Morgan fingerprint density at radius 2 is 2.33 bits per heavy atom. The Labute approximate surface area is 112 Å². The minimum atomic E-state index is -0.201. The average Bonchev–Trinajstić information content (AvgIpc) is 2.87. The molecule has 1 amide bonds. The molecule has 4 nitrogen and oxygen atoms in total. The van der Waals surface area contributed by atoms with Crippen molar-refractivity contribution in [1.82, 2.24) is 0 Å². The van der Waals surface area contributed by atoms with Crippen molar-refractivity contribution in [2.24, 2.45) is 17.4 Å². The predicted octanol–water partition coefficient (Wildman–Crippen LogP) is 1.18. The zero-order chi connectivity index (χ0) is 13.1. The average molecular weight is 265 g/mol. The third-order valence-corrected chi connectivity index (χ3v) is 4.29. The molecule has 0 saturated carbocycles. The lowest BCUT2D eigenvalue weighted by atomic mass is 10.1. The van der Waals surface area contributed by atoms with Crippen LogP contribution in [0.4, 0.5) is 5.69 Å². The molecule has 0 aromatic heterocycles. The highest BCUT2D eigenvalue weighted by Crippen LogP contribution is 2.32. The summed E-state index contributed by atoms with van der Waals surface area (Å²) in [6, 6.07) is 6.20. The molecule has 1 heterocycles. The number of hydrogen-bond donors (Lipinski definition) is 2. The van der Waals surface area contributed by atoms with E-state index < -0.39 is 0 Å². The quantitative estimate of drug-likeness (QED) is 0.802. The summed E-state index contributed by atoms with van der Waals surface area (Å²) in [6.07, 6.45) is 2.89. The van der Waals surface area contributed by atoms with Crippen molar-refractivity contribution in [2.75, 3.05) is 24.2 Å². The van der Waals surface area contributed by atoms with Crippen LogP contribution in [0, 0.1) is 5.92 Å². The zero-order valence-electron chi connectivity index (χ0n) is 10.6. The number of primary amides is 1. The van der Waals surface area contributed by atoms with Crippen molar-refractivity contribution in [3.63, 3.8) is 0 Å². The number of hydrogen-bond acceptors (Lipinski definition) is 4. The standard InChI is InChI=1S/C13H19N3OS/c1-18-12-4-2-3-11(10(12)7-14)16-6-5-9(8-16)13(15)17/h2-4,9H,5-8,14H2,1H3,(H2,15,17). The summed E-state index contributed by atoms with van der Waals surface area (Å²) >= 11 is 1.70. The van der Waals surface area contributed by atoms with Crippen LogP contribution >= 0.6 is 11.8 Å². The van der Waals surface area contributed by atoms with Crippen LogP contribution < -0.4 is 16.4 Å². The monoisotopic (exact) mass is 265 g/mol. The van der Waals surface area contributed by atoms with Crippen molar-refractivity contribution in [1.29, 1.82) is 0 Å². The third-order valence-electron chi connectivity index (χ3n) is 3.46. The van der Waals surface area contributed by atoms with Crippen LogP contribution in [0.15, 0.2) is 23.1 Å². The molecule has 5 heteroatoms. The molecule has 1 aromatic rings. The number of thioether (sulfide) groups is 1. The molecule has 1 aromatic carbocycles. The topological polar surface area (TPSA) is 72.3 Å². The van der Waals surface area contributed by atoms with E-state index in [4.69, 9.17) is 11.5 Å². The Bertz CT molecular complexity index is 450. The molecule has 0 bridgehead atoms. The summed E-state index contributed by atoms with van der Waals surface area (Å²) in [6.45, 7) is 2.10. The molecular weight excluding hydrogens is 246 g/mol. The summed E-state index contributed by atoms with van der Waals surface area (Å²) in [7, 11) is 0. The maximum Gasteiger partial charge on any atom is 0.222 e. The van der Waals surface area contributed by atoms with Gasteiger partial charge in [0.1, 0.15) is 0 Å². The molecule has 0 aliphatic carbocycles. The van der Waals surface area contributed by atoms with Crippen LogP contribution in [0.2, 0.25) is 0 Å². The molecule has 0 radical (unpaired) electrons. The highest BCUT2D eigenvalue weighted by molar-refractivity contribution is 7.98. The van der Waals surface area contributed by atoms with Crippen LogP contribution in [0.5, 0.6) is 0 Å². The van der Waals surface area contributed by atoms with Gasteiger partial charge in [-0.2, -0.15) is 0 Å². The Kier molecular flexibility index (Phi) is 4.14. The van der Waals surface area contributed by atoms with Gasteiger partial charge < -0.3 is 16.4 Å². The molecule has 1 fully saturated rings. The second kappa shape index (κ2) is 5.63. The van der Waals surface area contributed by atoms with E-state index in [-0.39, 0.29) is 11.8 Å². The first-order valence-electron chi connectivity index (χ1n) is 6.07. The maximum atomic E-state index is 11.2. The maximum absolute atomic E-state index is 11.2. The van der Waals surface area contributed by atoms with E-state index in [1.807, 2.05) is 6.07 Å². The largest absolute Gasteiger partial charge is 0.370 e. The highest BCUT2D eigenvalue weighted by atomic mass is 32.2. The third kappa shape index (κ3) is 2.47. The fraction of sp³-hybridized carbons (Fsp3) is 0.462. The first kappa shape index (κ1) is 13.2. The van der Waals surface area contributed by atoms with Gasteiger partial charge in [0.05, 0.1) is 5.92 Å². The molecule has 1 unspecified atom stereocenters. The molecule has 1 aliphatic rings. The van der Waals surface area contributed by atoms with Gasteiger partial charge in [-0.15, -0.1) is 11.8 Å². The van der Waals surface area contributed by atoms with Gasteiger partial charge in [0.2, 0.25) is 5.91 Å². The van der Waals surface area contributed by atoms with Crippen molar-refractivity contribution in [3.8, 4) is 0 Å². The summed E-state index contributed by atoms with van der Waals surface area (Å²) in [5, 5.41) is 0. The van der Waals surface area contributed by atoms with Crippen LogP contribution in [0.1, 0.15) is 12.0 Å². The minimum Gasteiger partial charge on any atom is -0.370 e. The number of carbonyl (C=O) groups excluding carboxylic acids is 1. The van der Waals surface area contributed by atoms with E-state index in [0.29, 0.717) is 13.1 Å². The number of nitrogens with zero attached hydrogens (tertiary/aromatic N) is 1. The zero-order valence-corrected chi connectivity index (χ0v) is 11.4. The number of amides is 1. The summed E-state index contributed by atoms with van der Waals surface area (Å²) in [5.41, 5.74) is 13.5. The van der Waals surface area contributed by atoms with Crippen LogP contribution in [-0.2, 0) is 11.3 Å². The molecule has 4 N–H and O–H groups in total. The SMILES string of the molecule is CSc1cccc(N2CCC(C(N)=O)C2)c1CN. The first-order chi connectivity index (χ1) is 8.67. The first-order valence-corrected chi connectivity index (χ1v) is 7.30. The van der Waals surface area contributed by atoms with Gasteiger partial charge in [0.25, 0.3) is 0 Å². The van der Waals surface area contributed by atoms with Gasteiger partial charge in [0.15, 0.2) is 0 Å². The van der Waals surface area contributed by atoms with Gasteiger partial charge in [0, 0.05) is 35.8 Å². The lowest BCUT2D eigenvalue weighted by Gasteiger charge is -2.23. The Balaban J connectivity index is 2.26. The van der Waals surface area contributed by atoms with Gasteiger partial charge in [-0.3, -0.25) is 4.79 Å². The Hall–Kier alpha value is -1.20. The van der Waals surface area contributed by atoms with Gasteiger partial charge in [-0.1, -0.05) is 6.07 Å². The van der Waals surface area contributed by atoms with E-state index in [0.717, 1.165) is 24.2 Å². The van der Waals surface area contributed by atoms with Crippen molar-refractivity contribution in [2.45, 2.75) is 17.9 Å². The van der Waals surface area contributed by atoms with Crippen molar-refractivity contribution >= 4 is 23.4 Å². The molecule has 1 atom stereocenters. The summed E-state index contributed by atoms with van der Waals surface area (Å²) in [5.74, 6) is -0.235. The van der Waals surface area contributed by atoms with E-state index in [1.54, 1.807) is 11.8 Å². The normalized spacial score (nSPS) is 19.2. The lowest BCUT2D eigenvalue weighted by molar-refractivity contribution is -0.121. The lowest BCUT2D eigenvalue weighted by Crippen LogP contribution is -2.28. The van der Waals surface area contributed by atoms with E-state index in [2.05, 4.69) is 23.3 Å². The smallest absolute Gasteiger partial charge is 0.222 e. The van der Waals surface area contributed by atoms with Gasteiger partial charge >= 0.3 is 0 Å². The molecule has 18 heavy (non-hydrogen) atoms. The molecule has 1 aliphatic heterocycles. The van der Waals surface area contributed by atoms with Crippen molar-refractivity contribution in [3.05, 3.63) is 23.8 Å². The molecule has 0 spiro atoms. The van der Waals surface area contributed by atoms with Gasteiger partial charge in [-0.05, 0) is 24.8 Å². The summed E-state index contributed by atoms with van der Waals surface area (Å²) < 4.78 is 0. The minimum absolute atomic E-state index is 0.0337. The number of rotatable bonds is 4. The van der Waals surface area contributed by atoms with Gasteiger partial charge in [-0.25, -0.2) is 0 Å². The van der Waals surface area contributed by atoms with Crippen LogP contribution in [-0.4, -0.2) is 25.3 Å². The summed E-state index contributed by atoms with van der Waals surface area (Å²) in [4.78, 5) is 14.6. The number of anilines is 1. The molecule has 98 valence electrons. The van der Waals surface area contributed by atoms with Crippen LogP contribution in [0.25, 0.3) is 0 Å². The Morgan fingerprint density at radius 1 is 1.56 bits per heavy atom. The number of carbonyl (C=O) groups is 1. The molecular formula is C13H19N3OS. The number of benzene rings is 1. The van der Waals surface area contributed by atoms with E-state index in [9.17, 15) is 4.79 Å². The fourth-order valence-corrected chi connectivity index (χ4v) is 3.11. The Morgan fingerprint density at radius 3 is 2.89 bits per heavy atom. The van der Waals surface area contributed by atoms with E-state index in [1.165, 1.54) is 4.90 Å². The van der Waals surface area contributed by atoms with Crippen LogP contribution in [0.3, 0.4) is 0 Å².